The van der Waals surface area contributed by atoms with Gasteiger partial charge in [0, 0.05) is 0 Å². The van der Waals surface area contributed by atoms with Crippen molar-refractivity contribution in [2.75, 3.05) is 0 Å². The molecule has 0 radical (unpaired) electrons. The summed E-state index contributed by atoms with van der Waals surface area (Å²) in [5.41, 5.74) is -1.18. The second-order valence-corrected chi connectivity index (χ2v) is 3.93. The van der Waals surface area contributed by atoms with E-state index in [4.69, 9.17) is 32.7 Å². The predicted octanol–water partition coefficient (Wildman–Crippen LogP) is 2.97. The molecule has 0 N–H and O–H groups in total. The Balaban J connectivity index is 3.68. The van der Waals surface area contributed by atoms with Gasteiger partial charge in [0.1, 0.15) is 0 Å². The Labute approximate surface area is 84.1 Å². The second-order valence-electron chi connectivity index (χ2n) is 3.07. The molecule has 0 aromatic rings. The highest BCUT2D eigenvalue weighted by Crippen LogP contribution is 2.16. The average molecular weight is 215 g/mol. The van der Waals surface area contributed by atoms with Crippen molar-refractivity contribution in [3.05, 3.63) is 0 Å². The fourth-order valence-electron chi connectivity index (χ4n) is 0.644. The van der Waals surface area contributed by atoms with Crippen LogP contribution in [0.5, 0.6) is 0 Å². The highest BCUT2D eigenvalue weighted by atomic mass is 35.5. The molecule has 0 heterocycles. The molecule has 0 bridgehead atoms. The minimum absolute atomic E-state index is 0.0597. The van der Waals surface area contributed by atoms with Crippen molar-refractivity contribution in [3.8, 4) is 0 Å². The van der Waals surface area contributed by atoms with Gasteiger partial charge in [-0.25, -0.2) is 0 Å². The van der Waals surface area contributed by atoms with Gasteiger partial charge in [-0.3, -0.25) is 0 Å². The number of hydrogen-bond acceptors (Lipinski definition) is 2. The molecule has 74 valence electrons. The Morgan fingerprint density at radius 2 is 1.00 bits per heavy atom. The topological polar surface area (TPSA) is 18.5 Å². The lowest BCUT2D eigenvalue weighted by Crippen LogP contribution is -2.26. The molecule has 0 saturated carbocycles. The molecule has 0 spiro atoms. The zero-order valence-electron chi connectivity index (χ0n) is 7.88. The van der Waals surface area contributed by atoms with E-state index in [1.165, 1.54) is 0 Å². The third kappa shape index (κ3) is 6.06. The van der Waals surface area contributed by atoms with Crippen LogP contribution < -0.4 is 0 Å². The Bertz CT molecular complexity index is 104. The van der Waals surface area contributed by atoms with Crippen molar-refractivity contribution in [2.45, 2.75) is 51.0 Å². The summed E-state index contributed by atoms with van der Waals surface area (Å²) in [6.07, 6.45) is 0.119. The summed E-state index contributed by atoms with van der Waals surface area (Å²) in [7, 11) is 0. The molecule has 0 aliphatic heterocycles. The minimum atomic E-state index is -0.589. The van der Waals surface area contributed by atoms with E-state index in [1.54, 1.807) is 0 Å². The quantitative estimate of drug-likeness (QED) is 0.656. The van der Waals surface area contributed by atoms with Gasteiger partial charge in [-0.2, -0.15) is 0 Å². The third-order valence-corrected chi connectivity index (χ3v) is 1.80. The highest BCUT2D eigenvalue weighted by molar-refractivity contribution is 6.28. The van der Waals surface area contributed by atoms with E-state index >= 15 is 0 Å². The summed E-state index contributed by atoms with van der Waals surface area (Å²) in [6, 6.07) is 0. The van der Waals surface area contributed by atoms with Crippen LogP contribution >= 0.6 is 23.2 Å². The van der Waals surface area contributed by atoms with Crippen molar-refractivity contribution in [3.63, 3.8) is 0 Å². The SMILES string of the molecule is CC(C)O[C@@H](Cl)[C@@H](Cl)OC(C)C. The molecule has 0 aromatic heterocycles. The van der Waals surface area contributed by atoms with Crippen molar-refractivity contribution in [2.24, 2.45) is 0 Å². The van der Waals surface area contributed by atoms with Crippen LogP contribution in [-0.2, 0) is 9.47 Å². The van der Waals surface area contributed by atoms with Crippen molar-refractivity contribution in [1.29, 1.82) is 0 Å². The summed E-state index contributed by atoms with van der Waals surface area (Å²) in [4.78, 5) is 0. The summed E-state index contributed by atoms with van der Waals surface area (Å²) in [5.74, 6) is 0. The van der Waals surface area contributed by atoms with Gasteiger partial charge < -0.3 is 9.47 Å². The molecule has 0 unspecified atom stereocenters. The van der Waals surface area contributed by atoms with Crippen LogP contribution in [0, 0.1) is 0 Å². The lowest BCUT2D eigenvalue weighted by atomic mass is 10.5. The van der Waals surface area contributed by atoms with Gasteiger partial charge in [0.05, 0.1) is 12.2 Å². The van der Waals surface area contributed by atoms with Crippen LogP contribution in [-0.4, -0.2) is 23.3 Å². The lowest BCUT2D eigenvalue weighted by molar-refractivity contribution is -0.0411. The normalized spacial score (nSPS) is 17.0. The first kappa shape index (κ1) is 12.5. The monoisotopic (exact) mass is 214 g/mol. The molecule has 0 aliphatic carbocycles. The second kappa shape index (κ2) is 6.03. The molecule has 0 rings (SSSR count). The molecular weight excluding hydrogens is 199 g/mol. The first-order valence-electron chi connectivity index (χ1n) is 4.02. The maximum Gasteiger partial charge on any atom is 0.171 e. The lowest BCUT2D eigenvalue weighted by Gasteiger charge is -2.21. The van der Waals surface area contributed by atoms with Gasteiger partial charge in [-0.1, -0.05) is 23.2 Å². The number of hydrogen-bond donors (Lipinski definition) is 0. The number of halogens is 2. The molecule has 4 heteroatoms. The van der Waals surface area contributed by atoms with E-state index in [-0.39, 0.29) is 12.2 Å². The van der Waals surface area contributed by atoms with Crippen molar-refractivity contribution in [1.82, 2.24) is 0 Å². The maximum absolute atomic E-state index is 5.79. The predicted molar refractivity (Wildman–Crippen MR) is 51.7 cm³/mol. The standard InChI is InChI=1S/C8H16Cl2O2/c1-5(2)11-7(9)8(10)12-6(3)4/h5-8H,1-4H3/t7-,8+. The van der Waals surface area contributed by atoms with Crippen LogP contribution in [0.25, 0.3) is 0 Å². The van der Waals surface area contributed by atoms with E-state index in [0.29, 0.717) is 0 Å². The van der Waals surface area contributed by atoms with Crippen molar-refractivity contribution < 1.29 is 9.47 Å². The Kier molecular flexibility index (Phi) is 6.28. The molecule has 2 atom stereocenters. The maximum atomic E-state index is 5.79. The highest BCUT2D eigenvalue weighted by Gasteiger charge is 2.19. The first-order chi connectivity index (χ1) is 5.43. The zero-order valence-corrected chi connectivity index (χ0v) is 9.39. The van der Waals surface area contributed by atoms with Gasteiger partial charge in [-0.05, 0) is 27.7 Å². The third-order valence-electron chi connectivity index (χ3n) is 1.01. The molecule has 0 aromatic carbocycles. The average Bonchev–Trinajstić information content (AvgIpc) is 1.84. The number of ether oxygens (including phenoxy) is 2. The summed E-state index contributed by atoms with van der Waals surface area (Å²) < 4.78 is 10.4. The van der Waals surface area contributed by atoms with Gasteiger partial charge in [0.25, 0.3) is 0 Å². The van der Waals surface area contributed by atoms with E-state index < -0.39 is 11.1 Å². The van der Waals surface area contributed by atoms with Gasteiger partial charge in [0.2, 0.25) is 0 Å². The fraction of sp³-hybridized carbons (Fsp3) is 1.00. The van der Waals surface area contributed by atoms with Crippen molar-refractivity contribution >= 4 is 23.2 Å². The molecule has 2 nitrogen and oxygen atoms in total. The molecular formula is C8H16Cl2O2. The van der Waals surface area contributed by atoms with E-state index in [9.17, 15) is 0 Å². The number of alkyl halides is 2. The molecule has 0 amide bonds. The van der Waals surface area contributed by atoms with Gasteiger partial charge in [0.15, 0.2) is 11.1 Å². The number of rotatable bonds is 5. The Morgan fingerprint density at radius 3 is 1.17 bits per heavy atom. The van der Waals surface area contributed by atoms with Gasteiger partial charge >= 0.3 is 0 Å². The summed E-state index contributed by atoms with van der Waals surface area (Å²) >= 11 is 11.6. The van der Waals surface area contributed by atoms with Crippen LogP contribution in [0.1, 0.15) is 27.7 Å². The van der Waals surface area contributed by atoms with Crippen LogP contribution in [0.3, 0.4) is 0 Å². The largest absolute Gasteiger partial charge is 0.356 e. The molecule has 0 fully saturated rings. The molecule has 0 aliphatic rings. The Hall–Kier alpha value is 0.500. The summed E-state index contributed by atoms with van der Waals surface area (Å²) in [6.45, 7) is 7.59. The molecule has 12 heavy (non-hydrogen) atoms. The van der Waals surface area contributed by atoms with Crippen LogP contribution in [0.4, 0.5) is 0 Å². The fourth-order valence-corrected chi connectivity index (χ4v) is 1.17. The zero-order chi connectivity index (χ0) is 9.72. The van der Waals surface area contributed by atoms with Crippen LogP contribution in [0.15, 0.2) is 0 Å². The molecule has 0 saturated heterocycles. The minimum Gasteiger partial charge on any atom is -0.356 e. The van der Waals surface area contributed by atoms with Crippen LogP contribution in [0.2, 0.25) is 0 Å². The van der Waals surface area contributed by atoms with E-state index in [0.717, 1.165) is 0 Å². The summed E-state index contributed by atoms with van der Waals surface area (Å²) in [5, 5.41) is 0. The first-order valence-corrected chi connectivity index (χ1v) is 4.89. The smallest absolute Gasteiger partial charge is 0.171 e. The Morgan fingerprint density at radius 1 is 0.750 bits per heavy atom. The van der Waals surface area contributed by atoms with Gasteiger partial charge in [-0.15, -0.1) is 0 Å². The van der Waals surface area contributed by atoms with E-state index in [2.05, 4.69) is 0 Å². The van der Waals surface area contributed by atoms with E-state index in [1.807, 2.05) is 27.7 Å².